The second-order valence-electron chi connectivity index (χ2n) is 5.66. The maximum atomic E-state index is 11.9. The van der Waals surface area contributed by atoms with E-state index in [9.17, 15) is 9.90 Å². The zero-order valence-corrected chi connectivity index (χ0v) is 13.6. The summed E-state index contributed by atoms with van der Waals surface area (Å²) in [6.45, 7) is 0.202. The molecule has 1 aromatic carbocycles. The number of benzene rings is 1. The molecule has 5 nitrogen and oxygen atoms in total. The van der Waals surface area contributed by atoms with Gasteiger partial charge in [-0.3, -0.25) is 4.79 Å². The van der Waals surface area contributed by atoms with Crippen LogP contribution in [0.5, 0.6) is 5.75 Å². The molecule has 0 saturated heterocycles. The van der Waals surface area contributed by atoms with Gasteiger partial charge in [-0.2, -0.15) is 0 Å². The van der Waals surface area contributed by atoms with E-state index in [2.05, 4.69) is 5.32 Å². The number of halogens is 1. The molecule has 0 bridgehead atoms. The molecule has 1 aliphatic rings. The quantitative estimate of drug-likeness (QED) is 0.743. The SMILES string of the molecule is COc1cccc(C(O)CNC(=O)C[C@@H]2CCC[C@H]2N)c1.Cl. The van der Waals surface area contributed by atoms with Crippen molar-refractivity contribution in [1.29, 1.82) is 0 Å². The highest BCUT2D eigenvalue weighted by Crippen LogP contribution is 2.26. The van der Waals surface area contributed by atoms with Gasteiger partial charge in [0.1, 0.15) is 5.75 Å². The molecule has 0 spiro atoms. The summed E-state index contributed by atoms with van der Waals surface area (Å²) in [5.41, 5.74) is 6.69. The molecular formula is C16H25ClN2O3. The van der Waals surface area contributed by atoms with E-state index in [1.54, 1.807) is 13.2 Å². The lowest BCUT2D eigenvalue weighted by Crippen LogP contribution is -2.33. The number of hydrogen-bond acceptors (Lipinski definition) is 4. The van der Waals surface area contributed by atoms with Crippen molar-refractivity contribution in [3.05, 3.63) is 29.8 Å². The van der Waals surface area contributed by atoms with Gasteiger partial charge in [0.15, 0.2) is 0 Å². The van der Waals surface area contributed by atoms with E-state index in [0.717, 1.165) is 24.8 Å². The third-order valence-electron chi connectivity index (χ3n) is 4.14. The van der Waals surface area contributed by atoms with Crippen LogP contribution in [0.1, 0.15) is 37.4 Å². The minimum Gasteiger partial charge on any atom is -0.497 e. The number of ether oxygens (including phenoxy) is 1. The molecule has 1 saturated carbocycles. The van der Waals surface area contributed by atoms with Crippen LogP contribution in [-0.2, 0) is 4.79 Å². The summed E-state index contributed by atoms with van der Waals surface area (Å²) < 4.78 is 5.12. The van der Waals surface area contributed by atoms with Gasteiger partial charge in [-0.1, -0.05) is 18.6 Å². The normalized spacial score (nSPS) is 21.8. The van der Waals surface area contributed by atoms with Gasteiger partial charge in [0.2, 0.25) is 5.91 Å². The molecule has 1 unspecified atom stereocenters. The summed E-state index contributed by atoms with van der Waals surface area (Å²) >= 11 is 0. The molecule has 0 aromatic heterocycles. The zero-order valence-electron chi connectivity index (χ0n) is 12.8. The van der Waals surface area contributed by atoms with Crippen LogP contribution in [0.4, 0.5) is 0 Å². The van der Waals surface area contributed by atoms with Crippen molar-refractivity contribution < 1.29 is 14.6 Å². The highest BCUT2D eigenvalue weighted by Gasteiger charge is 2.26. The molecule has 0 aliphatic heterocycles. The van der Waals surface area contributed by atoms with Crippen molar-refractivity contribution in [3.8, 4) is 5.75 Å². The monoisotopic (exact) mass is 328 g/mol. The Morgan fingerprint density at radius 1 is 1.50 bits per heavy atom. The number of methoxy groups -OCH3 is 1. The molecule has 0 radical (unpaired) electrons. The Bertz CT molecular complexity index is 484. The van der Waals surface area contributed by atoms with Crippen molar-refractivity contribution >= 4 is 18.3 Å². The van der Waals surface area contributed by atoms with Crippen molar-refractivity contribution in [3.63, 3.8) is 0 Å². The van der Waals surface area contributed by atoms with Gasteiger partial charge in [0.25, 0.3) is 0 Å². The molecular weight excluding hydrogens is 304 g/mol. The molecule has 22 heavy (non-hydrogen) atoms. The summed E-state index contributed by atoms with van der Waals surface area (Å²) in [5, 5.41) is 12.9. The fourth-order valence-electron chi connectivity index (χ4n) is 2.81. The standard InChI is InChI=1S/C16H24N2O3.ClH/c1-21-13-6-2-5-12(8-13)15(19)10-18-16(20)9-11-4-3-7-14(11)17;/h2,5-6,8,11,14-15,19H,3-4,7,9-10,17H2,1H3,(H,18,20);1H/t11-,14+,15?;/m0./s1. The fraction of sp³-hybridized carbons (Fsp3) is 0.562. The molecule has 1 fully saturated rings. The van der Waals surface area contributed by atoms with Crippen molar-refractivity contribution in [2.75, 3.05) is 13.7 Å². The molecule has 1 amide bonds. The largest absolute Gasteiger partial charge is 0.497 e. The van der Waals surface area contributed by atoms with E-state index in [1.165, 1.54) is 0 Å². The number of aliphatic hydroxyl groups is 1. The molecule has 4 N–H and O–H groups in total. The molecule has 3 atom stereocenters. The van der Waals surface area contributed by atoms with E-state index in [4.69, 9.17) is 10.5 Å². The topological polar surface area (TPSA) is 84.6 Å². The van der Waals surface area contributed by atoms with E-state index < -0.39 is 6.10 Å². The number of aliphatic hydroxyl groups excluding tert-OH is 1. The zero-order chi connectivity index (χ0) is 15.2. The fourth-order valence-corrected chi connectivity index (χ4v) is 2.81. The molecule has 124 valence electrons. The van der Waals surface area contributed by atoms with Crippen LogP contribution < -0.4 is 15.8 Å². The first kappa shape index (κ1) is 18.7. The Labute approximate surface area is 137 Å². The Kier molecular flexibility index (Phi) is 7.65. The van der Waals surface area contributed by atoms with Crippen LogP contribution in [-0.4, -0.2) is 30.7 Å². The average molecular weight is 329 g/mol. The van der Waals surface area contributed by atoms with Gasteiger partial charge in [-0.05, 0) is 36.5 Å². The Balaban J connectivity index is 0.00000242. The molecule has 1 aliphatic carbocycles. The number of carbonyl (C=O) groups is 1. The molecule has 2 rings (SSSR count). The van der Waals surface area contributed by atoms with Crippen molar-refractivity contribution in [2.24, 2.45) is 11.7 Å². The first-order valence-corrected chi connectivity index (χ1v) is 7.44. The molecule has 1 aromatic rings. The van der Waals surface area contributed by atoms with Gasteiger partial charge in [0.05, 0.1) is 13.2 Å². The summed E-state index contributed by atoms with van der Waals surface area (Å²) in [7, 11) is 1.58. The van der Waals surface area contributed by atoms with Crippen molar-refractivity contribution in [2.45, 2.75) is 37.8 Å². The van der Waals surface area contributed by atoms with Crippen LogP contribution in [0.2, 0.25) is 0 Å². The van der Waals surface area contributed by atoms with Gasteiger partial charge in [0, 0.05) is 19.0 Å². The minimum absolute atomic E-state index is 0. The maximum Gasteiger partial charge on any atom is 0.220 e. The summed E-state index contributed by atoms with van der Waals surface area (Å²) in [4.78, 5) is 11.9. The number of amides is 1. The Morgan fingerprint density at radius 3 is 2.91 bits per heavy atom. The van der Waals surface area contributed by atoms with Gasteiger partial charge in [-0.25, -0.2) is 0 Å². The highest BCUT2D eigenvalue weighted by atomic mass is 35.5. The van der Waals surface area contributed by atoms with Gasteiger partial charge >= 0.3 is 0 Å². The number of hydrogen-bond donors (Lipinski definition) is 3. The lowest BCUT2D eigenvalue weighted by molar-refractivity contribution is -0.122. The van der Waals surface area contributed by atoms with Gasteiger partial charge in [-0.15, -0.1) is 12.4 Å². The second kappa shape index (κ2) is 8.98. The minimum atomic E-state index is -0.735. The number of rotatable bonds is 6. The lowest BCUT2D eigenvalue weighted by atomic mass is 10.00. The third kappa shape index (κ3) is 5.16. The van der Waals surface area contributed by atoms with Crippen LogP contribution in [0.3, 0.4) is 0 Å². The van der Waals surface area contributed by atoms with Crippen LogP contribution >= 0.6 is 12.4 Å². The Hall–Kier alpha value is -1.30. The molecule has 0 heterocycles. The summed E-state index contributed by atoms with van der Waals surface area (Å²) in [6, 6.07) is 7.35. The third-order valence-corrected chi connectivity index (χ3v) is 4.14. The van der Waals surface area contributed by atoms with Crippen LogP contribution in [0, 0.1) is 5.92 Å². The summed E-state index contributed by atoms with van der Waals surface area (Å²) in [5.74, 6) is 0.924. The number of carbonyl (C=O) groups excluding carboxylic acids is 1. The predicted octanol–water partition coefficient (Wildman–Crippen LogP) is 1.78. The van der Waals surface area contributed by atoms with Crippen LogP contribution in [0.15, 0.2) is 24.3 Å². The van der Waals surface area contributed by atoms with E-state index in [-0.39, 0.29) is 36.8 Å². The van der Waals surface area contributed by atoms with Crippen molar-refractivity contribution in [1.82, 2.24) is 5.32 Å². The first-order valence-electron chi connectivity index (χ1n) is 7.44. The van der Waals surface area contributed by atoms with Gasteiger partial charge < -0.3 is 20.9 Å². The number of nitrogens with one attached hydrogen (secondary N) is 1. The molecule has 6 heteroatoms. The van der Waals surface area contributed by atoms with E-state index in [0.29, 0.717) is 12.2 Å². The van der Waals surface area contributed by atoms with E-state index >= 15 is 0 Å². The Morgan fingerprint density at radius 2 is 2.27 bits per heavy atom. The highest BCUT2D eigenvalue weighted by molar-refractivity contribution is 5.85. The predicted molar refractivity (Wildman–Crippen MR) is 88.1 cm³/mol. The number of nitrogens with two attached hydrogens (primary N) is 1. The lowest BCUT2D eigenvalue weighted by Gasteiger charge is -2.16. The van der Waals surface area contributed by atoms with E-state index in [1.807, 2.05) is 18.2 Å². The first-order chi connectivity index (χ1) is 10.1. The maximum absolute atomic E-state index is 11.9. The smallest absolute Gasteiger partial charge is 0.220 e. The average Bonchev–Trinajstić information content (AvgIpc) is 2.90. The van der Waals surface area contributed by atoms with Crippen LogP contribution in [0.25, 0.3) is 0 Å². The summed E-state index contributed by atoms with van der Waals surface area (Å²) in [6.07, 6.45) is 2.84. The second-order valence-corrected chi connectivity index (χ2v) is 5.66.